The number of allylic oxidation sites excluding steroid dienone is 1. The lowest BCUT2D eigenvalue weighted by Crippen LogP contribution is -1.94. The number of hydrogen-bond donors (Lipinski definition) is 0. The van der Waals surface area contributed by atoms with Gasteiger partial charge in [-0.1, -0.05) is 54.1 Å². The fraction of sp³-hybridized carbons (Fsp3) is 0. The fourth-order valence-corrected chi connectivity index (χ4v) is 1.84. The number of hydrogen-bond acceptors (Lipinski definition) is 2. The van der Waals surface area contributed by atoms with Gasteiger partial charge in [-0.3, -0.25) is 9.59 Å². The van der Waals surface area contributed by atoms with E-state index < -0.39 is 0 Å². The summed E-state index contributed by atoms with van der Waals surface area (Å²) >= 11 is 5.95. The molecule has 0 fully saturated rings. The Morgan fingerprint density at radius 2 is 1.58 bits per heavy atom. The lowest BCUT2D eigenvalue weighted by atomic mass is 10.1. The van der Waals surface area contributed by atoms with E-state index in [9.17, 15) is 9.59 Å². The van der Waals surface area contributed by atoms with Crippen LogP contribution in [0.25, 0.3) is 6.08 Å². The van der Waals surface area contributed by atoms with Crippen LogP contribution < -0.4 is 0 Å². The minimum absolute atomic E-state index is 0.148. The van der Waals surface area contributed by atoms with Gasteiger partial charge in [0.05, 0.1) is 5.02 Å². The van der Waals surface area contributed by atoms with Crippen LogP contribution in [-0.4, -0.2) is 12.1 Å². The highest BCUT2D eigenvalue weighted by atomic mass is 35.5. The van der Waals surface area contributed by atoms with Gasteiger partial charge in [-0.15, -0.1) is 0 Å². The molecule has 2 aromatic rings. The fourth-order valence-electron chi connectivity index (χ4n) is 1.61. The van der Waals surface area contributed by atoms with Crippen molar-refractivity contribution in [1.29, 1.82) is 0 Å². The summed E-state index contributed by atoms with van der Waals surface area (Å²) in [6.45, 7) is 0. The highest BCUT2D eigenvalue weighted by Gasteiger charge is 2.05. The van der Waals surface area contributed by atoms with E-state index in [4.69, 9.17) is 11.6 Å². The van der Waals surface area contributed by atoms with Crippen LogP contribution in [0.5, 0.6) is 0 Å². The van der Waals surface area contributed by atoms with Crippen LogP contribution in [0.3, 0.4) is 0 Å². The van der Waals surface area contributed by atoms with Gasteiger partial charge in [0.2, 0.25) is 0 Å². The third-order valence-electron chi connectivity index (χ3n) is 2.64. The molecule has 0 bridgehead atoms. The smallest absolute Gasteiger partial charge is 0.187 e. The van der Waals surface area contributed by atoms with E-state index in [1.54, 1.807) is 54.6 Å². The van der Waals surface area contributed by atoms with E-state index in [-0.39, 0.29) is 5.78 Å². The van der Waals surface area contributed by atoms with E-state index in [0.29, 0.717) is 16.1 Å². The molecule has 0 amide bonds. The number of benzene rings is 2. The number of ketones is 1. The SMILES string of the molecule is O=Cc1ccc(/C=C/C(=O)c2ccccc2Cl)cc1. The summed E-state index contributed by atoms with van der Waals surface area (Å²) in [6.07, 6.45) is 3.94. The Kier molecular flexibility index (Phi) is 4.26. The zero-order valence-electron chi connectivity index (χ0n) is 10.0. The van der Waals surface area contributed by atoms with Gasteiger partial charge in [0.1, 0.15) is 6.29 Å². The summed E-state index contributed by atoms with van der Waals surface area (Å²) in [4.78, 5) is 22.5. The molecule has 0 saturated heterocycles. The summed E-state index contributed by atoms with van der Waals surface area (Å²) in [7, 11) is 0. The Balaban J connectivity index is 2.16. The predicted octanol–water partition coefficient (Wildman–Crippen LogP) is 4.05. The topological polar surface area (TPSA) is 34.1 Å². The van der Waals surface area contributed by atoms with Crippen molar-refractivity contribution in [2.45, 2.75) is 0 Å². The van der Waals surface area contributed by atoms with Crippen molar-refractivity contribution in [2.75, 3.05) is 0 Å². The first-order chi connectivity index (χ1) is 9.20. The largest absolute Gasteiger partial charge is 0.298 e. The van der Waals surface area contributed by atoms with Crippen molar-refractivity contribution in [3.05, 3.63) is 76.3 Å². The molecule has 0 aliphatic heterocycles. The Hall–Kier alpha value is -2.19. The van der Waals surface area contributed by atoms with Crippen molar-refractivity contribution < 1.29 is 9.59 Å². The van der Waals surface area contributed by atoms with E-state index in [2.05, 4.69) is 0 Å². The van der Waals surface area contributed by atoms with Crippen molar-refractivity contribution in [1.82, 2.24) is 0 Å². The van der Waals surface area contributed by atoms with Crippen molar-refractivity contribution >= 4 is 29.7 Å². The second-order valence-corrected chi connectivity index (χ2v) is 4.37. The molecule has 0 aromatic heterocycles. The van der Waals surface area contributed by atoms with Crippen LogP contribution in [0.1, 0.15) is 26.3 Å². The van der Waals surface area contributed by atoms with E-state index in [1.165, 1.54) is 6.08 Å². The summed E-state index contributed by atoms with van der Waals surface area (Å²) in [6, 6.07) is 13.9. The van der Waals surface area contributed by atoms with Gasteiger partial charge in [-0.05, 0) is 23.8 Å². The molecule has 0 heterocycles. The van der Waals surface area contributed by atoms with Crippen molar-refractivity contribution in [3.8, 4) is 0 Å². The number of carbonyl (C=O) groups is 2. The number of rotatable bonds is 4. The molecule has 0 unspecified atom stereocenters. The van der Waals surface area contributed by atoms with Crippen LogP contribution in [0.15, 0.2) is 54.6 Å². The Morgan fingerprint density at radius 3 is 2.21 bits per heavy atom. The van der Waals surface area contributed by atoms with Crippen LogP contribution in [-0.2, 0) is 0 Å². The Labute approximate surface area is 116 Å². The lowest BCUT2D eigenvalue weighted by Gasteiger charge is -1.98. The molecule has 0 aliphatic carbocycles. The lowest BCUT2D eigenvalue weighted by molar-refractivity contribution is 0.104. The van der Waals surface area contributed by atoms with Crippen LogP contribution in [0, 0.1) is 0 Å². The minimum atomic E-state index is -0.148. The summed E-state index contributed by atoms with van der Waals surface area (Å²) < 4.78 is 0. The van der Waals surface area contributed by atoms with Gasteiger partial charge in [-0.25, -0.2) is 0 Å². The maximum absolute atomic E-state index is 11.9. The molecular formula is C16H11ClO2. The Bertz CT molecular complexity index is 627. The molecule has 0 N–H and O–H groups in total. The molecule has 2 nitrogen and oxygen atoms in total. The first-order valence-corrected chi connectivity index (χ1v) is 6.10. The molecule has 0 atom stereocenters. The maximum Gasteiger partial charge on any atom is 0.187 e. The first-order valence-electron chi connectivity index (χ1n) is 5.73. The first kappa shape index (κ1) is 13.2. The zero-order valence-corrected chi connectivity index (χ0v) is 10.8. The third kappa shape index (κ3) is 3.39. The maximum atomic E-state index is 11.9. The monoisotopic (exact) mass is 270 g/mol. The second kappa shape index (κ2) is 6.12. The molecule has 94 valence electrons. The quantitative estimate of drug-likeness (QED) is 0.477. The standard InChI is InChI=1S/C16H11ClO2/c17-15-4-2-1-3-14(15)16(19)10-9-12-5-7-13(11-18)8-6-12/h1-11H/b10-9+. The highest BCUT2D eigenvalue weighted by Crippen LogP contribution is 2.16. The third-order valence-corrected chi connectivity index (χ3v) is 2.97. The van der Waals surface area contributed by atoms with Gasteiger partial charge < -0.3 is 0 Å². The normalized spacial score (nSPS) is 10.6. The minimum Gasteiger partial charge on any atom is -0.298 e. The van der Waals surface area contributed by atoms with E-state index in [0.717, 1.165) is 11.8 Å². The van der Waals surface area contributed by atoms with Gasteiger partial charge in [0.15, 0.2) is 5.78 Å². The summed E-state index contributed by atoms with van der Waals surface area (Å²) in [5.74, 6) is -0.148. The summed E-state index contributed by atoms with van der Waals surface area (Å²) in [5.41, 5.74) is 1.94. The van der Waals surface area contributed by atoms with Crippen LogP contribution >= 0.6 is 11.6 Å². The average molecular weight is 271 g/mol. The Morgan fingerprint density at radius 1 is 0.947 bits per heavy atom. The van der Waals surface area contributed by atoms with Gasteiger partial charge in [0.25, 0.3) is 0 Å². The molecule has 3 heteroatoms. The molecule has 0 spiro atoms. The van der Waals surface area contributed by atoms with Crippen molar-refractivity contribution in [2.24, 2.45) is 0 Å². The van der Waals surface area contributed by atoms with E-state index >= 15 is 0 Å². The van der Waals surface area contributed by atoms with Crippen LogP contribution in [0.2, 0.25) is 5.02 Å². The second-order valence-electron chi connectivity index (χ2n) is 3.96. The highest BCUT2D eigenvalue weighted by molar-refractivity contribution is 6.34. The zero-order chi connectivity index (χ0) is 13.7. The molecule has 0 aliphatic rings. The predicted molar refractivity (Wildman–Crippen MR) is 76.6 cm³/mol. The molecule has 19 heavy (non-hydrogen) atoms. The number of aldehydes is 1. The van der Waals surface area contributed by atoms with Crippen LogP contribution in [0.4, 0.5) is 0 Å². The molecule has 2 rings (SSSR count). The number of halogens is 1. The molecule has 2 aromatic carbocycles. The molecule has 0 radical (unpaired) electrons. The summed E-state index contributed by atoms with van der Waals surface area (Å²) in [5, 5.41) is 0.438. The molecule has 0 saturated carbocycles. The van der Waals surface area contributed by atoms with Crippen molar-refractivity contribution in [3.63, 3.8) is 0 Å². The van der Waals surface area contributed by atoms with Gasteiger partial charge in [0, 0.05) is 11.1 Å². The number of carbonyl (C=O) groups excluding carboxylic acids is 2. The van der Waals surface area contributed by atoms with E-state index in [1.807, 2.05) is 0 Å². The van der Waals surface area contributed by atoms with Gasteiger partial charge in [-0.2, -0.15) is 0 Å². The molecular weight excluding hydrogens is 260 g/mol. The average Bonchev–Trinajstić information content (AvgIpc) is 2.46. The van der Waals surface area contributed by atoms with Gasteiger partial charge >= 0.3 is 0 Å².